The zero-order valence-electron chi connectivity index (χ0n) is 16.3. The van der Waals surface area contributed by atoms with E-state index < -0.39 is 10.7 Å². The minimum Gasteiger partial charge on any atom is -0.282 e. The van der Waals surface area contributed by atoms with Crippen molar-refractivity contribution in [3.05, 3.63) is 130 Å². The summed E-state index contributed by atoms with van der Waals surface area (Å²) in [5.74, 6) is -0.510. The van der Waals surface area contributed by atoms with Crippen molar-refractivity contribution in [3.8, 4) is 0 Å². The van der Waals surface area contributed by atoms with E-state index in [1.165, 1.54) is 15.9 Å². The molecule has 0 bridgehead atoms. The van der Waals surface area contributed by atoms with Gasteiger partial charge in [0.15, 0.2) is 0 Å². The molecule has 0 spiro atoms. The first-order valence-electron chi connectivity index (χ1n) is 9.50. The number of rotatable bonds is 4. The third-order valence-electron chi connectivity index (χ3n) is 4.64. The van der Waals surface area contributed by atoms with Gasteiger partial charge in [-0.3, -0.25) is 14.9 Å². The molecule has 0 saturated heterocycles. The molecule has 3 aromatic carbocycles. The van der Waals surface area contributed by atoms with Crippen LogP contribution in [0, 0.1) is 10.1 Å². The minimum absolute atomic E-state index is 0.368. The molecule has 0 aliphatic heterocycles. The molecule has 0 N–H and O–H groups in total. The number of carbonyl (C=O) groups excluding carboxylic acids is 1. The number of nitro groups is 1. The standard InChI is InChI=1S/C13H7NO3.C12H10S2/c15-13-11-7-8-3-1-2-4-9(8)10(11)5-6-12(13)14(16)17;1-3-7-11(8-4-1)13-14-12-9-5-2-6-10-12/h1-7H;1-10H. The molecule has 0 aromatic heterocycles. The van der Waals surface area contributed by atoms with Crippen molar-refractivity contribution in [1.82, 2.24) is 0 Å². The second-order valence-corrected chi connectivity index (χ2v) is 8.93. The van der Waals surface area contributed by atoms with Gasteiger partial charge in [0.05, 0.1) is 4.92 Å². The van der Waals surface area contributed by atoms with Gasteiger partial charge in [-0.1, -0.05) is 82.3 Å². The third kappa shape index (κ3) is 4.87. The smallest absolute Gasteiger partial charge is 0.282 e. The van der Waals surface area contributed by atoms with Crippen molar-refractivity contribution < 1.29 is 9.72 Å². The van der Waals surface area contributed by atoms with E-state index in [-0.39, 0.29) is 5.70 Å². The predicted molar refractivity (Wildman–Crippen MR) is 127 cm³/mol. The fourth-order valence-electron chi connectivity index (χ4n) is 3.18. The van der Waals surface area contributed by atoms with Crippen LogP contribution in [0.15, 0.2) is 118 Å². The average Bonchev–Trinajstić information content (AvgIpc) is 3.19. The van der Waals surface area contributed by atoms with Crippen LogP contribution in [0.1, 0.15) is 11.1 Å². The lowest BCUT2D eigenvalue weighted by Gasteiger charge is -2.08. The molecule has 0 fully saturated rings. The quantitative estimate of drug-likeness (QED) is 0.255. The van der Waals surface area contributed by atoms with Crippen molar-refractivity contribution in [3.63, 3.8) is 0 Å². The molecule has 3 aromatic rings. The van der Waals surface area contributed by atoms with E-state index in [1.807, 2.05) is 36.4 Å². The Kier molecular flexibility index (Phi) is 6.50. The summed E-state index contributed by atoms with van der Waals surface area (Å²) >= 11 is 0. The van der Waals surface area contributed by atoms with Crippen LogP contribution in [-0.4, -0.2) is 10.7 Å². The van der Waals surface area contributed by atoms with Gasteiger partial charge in [-0.25, -0.2) is 0 Å². The van der Waals surface area contributed by atoms with Crippen LogP contribution in [0.5, 0.6) is 0 Å². The molecule has 0 heterocycles. The number of Topliss-reactive ketones (excluding diaryl/α,β-unsaturated/α-hetero) is 1. The Labute approximate surface area is 187 Å². The maximum absolute atomic E-state index is 11.9. The van der Waals surface area contributed by atoms with Gasteiger partial charge in [0.1, 0.15) is 0 Å². The van der Waals surface area contributed by atoms with Crippen LogP contribution in [-0.2, 0) is 4.79 Å². The first-order valence-corrected chi connectivity index (χ1v) is 11.7. The molecule has 2 aliphatic rings. The van der Waals surface area contributed by atoms with Gasteiger partial charge >= 0.3 is 5.70 Å². The van der Waals surface area contributed by atoms with Gasteiger partial charge in [0.2, 0.25) is 0 Å². The van der Waals surface area contributed by atoms with E-state index in [2.05, 4.69) is 48.5 Å². The second-order valence-electron chi connectivity index (χ2n) is 6.66. The number of nitrogens with zero attached hydrogens (tertiary/aromatic N) is 1. The number of hydrogen-bond acceptors (Lipinski definition) is 5. The minimum atomic E-state index is -0.639. The molecule has 152 valence electrons. The predicted octanol–water partition coefficient (Wildman–Crippen LogP) is 6.70. The highest BCUT2D eigenvalue weighted by Crippen LogP contribution is 2.39. The van der Waals surface area contributed by atoms with Gasteiger partial charge in [-0.2, -0.15) is 0 Å². The fourth-order valence-corrected chi connectivity index (χ4v) is 5.15. The molecular formula is C25H17NO3S2. The summed E-state index contributed by atoms with van der Waals surface area (Å²) < 4.78 is 0. The summed E-state index contributed by atoms with van der Waals surface area (Å²) in [5, 5.41) is 10.7. The number of hydrogen-bond donors (Lipinski definition) is 0. The van der Waals surface area contributed by atoms with Gasteiger partial charge in [0.25, 0.3) is 5.78 Å². The van der Waals surface area contributed by atoms with E-state index in [0.29, 0.717) is 5.57 Å². The molecule has 0 atom stereocenters. The Morgan fingerprint density at radius 1 is 0.677 bits per heavy atom. The maximum atomic E-state index is 11.9. The van der Waals surface area contributed by atoms with Crippen LogP contribution < -0.4 is 0 Å². The number of allylic oxidation sites excluding steroid dienone is 4. The largest absolute Gasteiger partial charge is 0.316 e. The summed E-state index contributed by atoms with van der Waals surface area (Å²) in [7, 11) is 3.58. The van der Waals surface area contributed by atoms with E-state index in [9.17, 15) is 14.9 Å². The third-order valence-corrected chi connectivity index (χ3v) is 7.06. The Bertz CT molecular complexity index is 1180. The first-order chi connectivity index (χ1) is 15.1. The molecule has 4 nitrogen and oxygen atoms in total. The second kappa shape index (κ2) is 9.64. The summed E-state index contributed by atoms with van der Waals surface area (Å²) in [6.45, 7) is 0. The molecule has 0 saturated carbocycles. The zero-order chi connectivity index (χ0) is 21.6. The molecule has 0 amide bonds. The number of benzene rings is 3. The molecular weight excluding hydrogens is 426 g/mol. The number of carbonyl (C=O) groups is 1. The van der Waals surface area contributed by atoms with Gasteiger partial charge in [-0.15, -0.1) is 0 Å². The molecule has 0 unspecified atom stereocenters. The Balaban J connectivity index is 0.000000152. The average molecular weight is 444 g/mol. The van der Waals surface area contributed by atoms with Crippen LogP contribution in [0.3, 0.4) is 0 Å². The number of fused-ring (bicyclic) bond motifs is 3. The molecule has 5 rings (SSSR count). The van der Waals surface area contributed by atoms with E-state index in [1.54, 1.807) is 33.7 Å². The van der Waals surface area contributed by atoms with Gasteiger partial charge in [0, 0.05) is 21.4 Å². The molecule has 6 heteroatoms. The summed E-state index contributed by atoms with van der Waals surface area (Å²) in [6.07, 6.45) is 4.62. The van der Waals surface area contributed by atoms with Crippen LogP contribution in [0.4, 0.5) is 0 Å². The topological polar surface area (TPSA) is 60.2 Å². The van der Waals surface area contributed by atoms with Crippen LogP contribution in [0.25, 0.3) is 11.6 Å². The lowest BCUT2D eigenvalue weighted by molar-refractivity contribution is -0.418. The molecule has 31 heavy (non-hydrogen) atoms. The Hall–Kier alpha value is -3.35. The van der Waals surface area contributed by atoms with Crippen LogP contribution >= 0.6 is 21.6 Å². The fraction of sp³-hybridized carbons (Fsp3) is 0. The van der Waals surface area contributed by atoms with Crippen molar-refractivity contribution in [2.75, 3.05) is 0 Å². The SMILES string of the molecule is O=C1C2=Cc3ccccc3C2=CC=C1[N+](=O)[O-].c1ccc(SSc2ccccc2)cc1. The van der Waals surface area contributed by atoms with Crippen molar-refractivity contribution in [1.29, 1.82) is 0 Å². The van der Waals surface area contributed by atoms with Crippen LogP contribution in [0.2, 0.25) is 0 Å². The lowest BCUT2D eigenvalue weighted by atomic mass is 9.94. The van der Waals surface area contributed by atoms with Gasteiger partial charge < -0.3 is 0 Å². The highest BCUT2D eigenvalue weighted by molar-refractivity contribution is 8.76. The van der Waals surface area contributed by atoms with Crippen molar-refractivity contribution in [2.24, 2.45) is 0 Å². The summed E-state index contributed by atoms with van der Waals surface area (Å²) in [5.41, 5.74) is 2.71. The van der Waals surface area contributed by atoms with Gasteiger partial charge in [-0.05, 0) is 53.1 Å². The highest BCUT2D eigenvalue weighted by Gasteiger charge is 2.34. The summed E-state index contributed by atoms with van der Waals surface area (Å²) in [6, 6.07) is 28.4. The zero-order valence-corrected chi connectivity index (χ0v) is 17.9. The normalized spacial score (nSPS) is 13.7. The first kappa shape index (κ1) is 20.9. The van der Waals surface area contributed by atoms with Crippen molar-refractivity contribution in [2.45, 2.75) is 9.79 Å². The maximum Gasteiger partial charge on any atom is 0.316 e. The Morgan fingerprint density at radius 3 is 1.81 bits per heavy atom. The monoisotopic (exact) mass is 443 g/mol. The van der Waals surface area contributed by atoms with E-state index in [0.717, 1.165) is 16.7 Å². The van der Waals surface area contributed by atoms with E-state index in [4.69, 9.17) is 0 Å². The Morgan fingerprint density at radius 2 is 1.23 bits per heavy atom. The summed E-state index contributed by atoms with van der Waals surface area (Å²) in [4.78, 5) is 24.5. The highest BCUT2D eigenvalue weighted by atomic mass is 33.1. The van der Waals surface area contributed by atoms with Crippen molar-refractivity contribution >= 4 is 39.0 Å². The van der Waals surface area contributed by atoms with E-state index >= 15 is 0 Å². The molecule has 0 radical (unpaired) electrons. The molecule has 2 aliphatic carbocycles. The lowest BCUT2D eigenvalue weighted by Crippen LogP contribution is -2.15. The number of ketones is 1.